The van der Waals surface area contributed by atoms with Crippen LogP contribution >= 0.6 is 11.6 Å². The molecule has 0 spiro atoms. The van der Waals surface area contributed by atoms with Crippen LogP contribution in [0.4, 0.5) is 6.01 Å². The van der Waals surface area contributed by atoms with E-state index in [0.29, 0.717) is 18.5 Å². The lowest BCUT2D eigenvalue weighted by Gasteiger charge is -2.13. The molecular weight excluding hydrogens is 252 g/mol. The highest BCUT2D eigenvalue weighted by Crippen LogP contribution is 2.21. The fourth-order valence-electron chi connectivity index (χ4n) is 1.54. The third-order valence-electron chi connectivity index (χ3n) is 2.44. The van der Waals surface area contributed by atoms with Crippen LogP contribution in [0.3, 0.4) is 0 Å². The van der Waals surface area contributed by atoms with Crippen LogP contribution in [0.15, 0.2) is 22.6 Å². The Kier molecular flexibility index (Phi) is 3.81. The zero-order chi connectivity index (χ0) is 13.1. The molecule has 1 atom stereocenters. The Balaban J connectivity index is 2.09. The Morgan fingerprint density at radius 1 is 1.39 bits per heavy atom. The first-order valence-corrected chi connectivity index (χ1v) is 6.11. The second-order valence-electron chi connectivity index (χ2n) is 4.17. The first kappa shape index (κ1) is 12.8. The molecule has 2 aromatic heterocycles. The van der Waals surface area contributed by atoms with Crippen LogP contribution in [0.2, 0.25) is 0 Å². The van der Waals surface area contributed by atoms with Crippen molar-refractivity contribution in [2.45, 2.75) is 25.8 Å². The van der Waals surface area contributed by atoms with Crippen LogP contribution in [0.5, 0.6) is 0 Å². The minimum Gasteiger partial charge on any atom is -0.406 e. The second-order valence-corrected chi connectivity index (χ2v) is 4.82. The molecule has 5 nitrogen and oxygen atoms in total. The molecule has 0 aromatic carbocycles. The van der Waals surface area contributed by atoms with E-state index in [1.807, 2.05) is 37.1 Å². The molecule has 0 amide bonds. The summed E-state index contributed by atoms with van der Waals surface area (Å²) in [5.74, 6) is 0.427. The maximum absolute atomic E-state index is 5.88. The van der Waals surface area contributed by atoms with E-state index in [-0.39, 0.29) is 5.38 Å². The Labute approximate surface area is 111 Å². The molecule has 0 radical (unpaired) electrons. The third-order valence-corrected chi connectivity index (χ3v) is 2.63. The van der Waals surface area contributed by atoms with Crippen LogP contribution in [0.25, 0.3) is 0 Å². The Morgan fingerprint density at radius 3 is 2.78 bits per heavy atom. The van der Waals surface area contributed by atoms with E-state index in [1.165, 1.54) is 0 Å². The van der Waals surface area contributed by atoms with Crippen LogP contribution in [-0.2, 0) is 6.54 Å². The zero-order valence-electron chi connectivity index (χ0n) is 10.6. The van der Waals surface area contributed by atoms with Crippen molar-refractivity contribution in [2.24, 2.45) is 0 Å². The van der Waals surface area contributed by atoms with E-state index in [2.05, 4.69) is 15.2 Å². The number of anilines is 1. The number of rotatable bonds is 4. The normalized spacial score (nSPS) is 12.4. The summed E-state index contributed by atoms with van der Waals surface area (Å²) in [4.78, 5) is 6.27. The van der Waals surface area contributed by atoms with Crippen molar-refractivity contribution < 1.29 is 4.42 Å². The minimum atomic E-state index is -0.281. The maximum atomic E-state index is 5.88. The van der Waals surface area contributed by atoms with Crippen molar-refractivity contribution in [1.82, 2.24) is 15.2 Å². The topological polar surface area (TPSA) is 55.1 Å². The van der Waals surface area contributed by atoms with Gasteiger partial charge in [-0.2, -0.15) is 0 Å². The van der Waals surface area contributed by atoms with Gasteiger partial charge in [-0.1, -0.05) is 11.2 Å². The van der Waals surface area contributed by atoms with Crippen molar-refractivity contribution in [3.8, 4) is 0 Å². The SMILES string of the molecule is Cc1cccc(CN(C)c2nnc(C(C)Cl)o2)n1. The number of aromatic nitrogens is 3. The number of aryl methyl sites for hydroxylation is 1. The quantitative estimate of drug-likeness (QED) is 0.797. The fraction of sp³-hybridized carbons (Fsp3) is 0.417. The Hall–Kier alpha value is -1.62. The van der Waals surface area contributed by atoms with Crippen molar-refractivity contribution in [2.75, 3.05) is 11.9 Å². The number of halogens is 1. The van der Waals surface area contributed by atoms with E-state index in [4.69, 9.17) is 16.0 Å². The van der Waals surface area contributed by atoms with Crippen LogP contribution in [0, 0.1) is 6.92 Å². The average Bonchev–Trinajstić information content (AvgIpc) is 2.78. The molecule has 0 saturated heterocycles. The first-order chi connectivity index (χ1) is 8.56. The molecule has 18 heavy (non-hydrogen) atoms. The van der Waals surface area contributed by atoms with E-state index in [0.717, 1.165) is 11.4 Å². The van der Waals surface area contributed by atoms with Gasteiger partial charge in [-0.25, -0.2) is 0 Å². The van der Waals surface area contributed by atoms with Gasteiger partial charge in [-0.15, -0.1) is 16.7 Å². The summed E-state index contributed by atoms with van der Waals surface area (Å²) < 4.78 is 5.45. The Bertz CT molecular complexity index is 526. The molecule has 2 rings (SSSR count). The molecule has 6 heteroatoms. The predicted molar refractivity (Wildman–Crippen MR) is 69.6 cm³/mol. The van der Waals surface area contributed by atoms with Crippen LogP contribution in [-0.4, -0.2) is 22.2 Å². The van der Waals surface area contributed by atoms with E-state index < -0.39 is 0 Å². The van der Waals surface area contributed by atoms with Crippen molar-refractivity contribution in [1.29, 1.82) is 0 Å². The third kappa shape index (κ3) is 2.98. The number of hydrogen-bond donors (Lipinski definition) is 0. The van der Waals surface area contributed by atoms with Gasteiger partial charge >= 0.3 is 6.01 Å². The molecule has 0 aliphatic rings. The fourth-order valence-corrected chi connectivity index (χ4v) is 1.63. The first-order valence-electron chi connectivity index (χ1n) is 5.67. The van der Waals surface area contributed by atoms with Crippen molar-refractivity contribution in [3.05, 3.63) is 35.5 Å². The molecule has 1 unspecified atom stereocenters. The summed E-state index contributed by atoms with van der Waals surface area (Å²) in [6.45, 7) is 4.37. The van der Waals surface area contributed by atoms with Crippen LogP contribution in [0.1, 0.15) is 29.6 Å². The summed E-state index contributed by atoms with van der Waals surface area (Å²) in [5, 5.41) is 7.56. The summed E-state index contributed by atoms with van der Waals surface area (Å²) in [7, 11) is 1.88. The Morgan fingerprint density at radius 2 is 2.17 bits per heavy atom. The molecular formula is C12H15ClN4O. The summed E-state index contributed by atoms with van der Waals surface area (Å²) in [6.07, 6.45) is 0. The van der Waals surface area contributed by atoms with Gasteiger partial charge in [0.15, 0.2) is 0 Å². The number of pyridine rings is 1. The smallest absolute Gasteiger partial charge is 0.318 e. The van der Waals surface area contributed by atoms with E-state index in [9.17, 15) is 0 Å². The van der Waals surface area contributed by atoms with Gasteiger partial charge in [0.05, 0.1) is 12.2 Å². The standard InChI is InChI=1S/C12H15ClN4O/c1-8-5-4-6-10(14-8)7-17(3)12-16-15-11(18-12)9(2)13/h4-6,9H,7H2,1-3H3. The summed E-state index contributed by atoms with van der Waals surface area (Å²) in [6, 6.07) is 6.35. The molecule has 0 N–H and O–H groups in total. The zero-order valence-corrected chi connectivity index (χ0v) is 11.3. The van der Waals surface area contributed by atoms with Gasteiger partial charge in [0.25, 0.3) is 0 Å². The lowest BCUT2D eigenvalue weighted by Crippen LogP contribution is -2.17. The van der Waals surface area contributed by atoms with Crippen molar-refractivity contribution in [3.63, 3.8) is 0 Å². The number of nitrogens with zero attached hydrogens (tertiary/aromatic N) is 4. The monoisotopic (exact) mass is 266 g/mol. The summed E-state index contributed by atoms with van der Waals surface area (Å²) in [5.41, 5.74) is 1.94. The van der Waals surface area contributed by atoms with Gasteiger partial charge in [0.2, 0.25) is 5.89 Å². The number of hydrogen-bond acceptors (Lipinski definition) is 5. The summed E-state index contributed by atoms with van der Waals surface area (Å²) >= 11 is 5.88. The highest BCUT2D eigenvalue weighted by atomic mass is 35.5. The highest BCUT2D eigenvalue weighted by molar-refractivity contribution is 6.20. The highest BCUT2D eigenvalue weighted by Gasteiger charge is 2.14. The molecule has 2 aromatic rings. The van der Waals surface area contributed by atoms with Crippen LogP contribution < -0.4 is 4.90 Å². The molecule has 2 heterocycles. The molecule has 96 valence electrons. The lowest BCUT2D eigenvalue weighted by molar-refractivity contribution is 0.489. The minimum absolute atomic E-state index is 0.281. The molecule has 0 bridgehead atoms. The van der Waals surface area contributed by atoms with Crippen molar-refractivity contribution >= 4 is 17.6 Å². The molecule has 0 saturated carbocycles. The lowest BCUT2D eigenvalue weighted by atomic mass is 10.3. The van der Waals surface area contributed by atoms with E-state index in [1.54, 1.807) is 6.92 Å². The predicted octanol–water partition coefficient (Wildman–Crippen LogP) is 2.71. The van der Waals surface area contributed by atoms with Gasteiger partial charge < -0.3 is 9.32 Å². The maximum Gasteiger partial charge on any atom is 0.318 e. The van der Waals surface area contributed by atoms with E-state index >= 15 is 0 Å². The number of alkyl halides is 1. The van der Waals surface area contributed by atoms with Gasteiger partial charge in [-0.3, -0.25) is 4.98 Å². The van der Waals surface area contributed by atoms with Gasteiger partial charge in [-0.05, 0) is 26.0 Å². The molecule has 0 fully saturated rings. The average molecular weight is 267 g/mol. The second kappa shape index (κ2) is 5.35. The molecule has 0 aliphatic carbocycles. The molecule has 0 aliphatic heterocycles. The van der Waals surface area contributed by atoms with Gasteiger partial charge in [0.1, 0.15) is 5.38 Å². The van der Waals surface area contributed by atoms with Gasteiger partial charge in [0, 0.05) is 12.7 Å². The largest absolute Gasteiger partial charge is 0.406 e.